The summed E-state index contributed by atoms with van der Waals surface area (Å²) in [5, 5.41) is 0. The minimum atomic E-state index is 0.0357. The first-order valence-electron chi connectivity index (χ1n) is 7.25. The lowest BCUT2D eigenvalue weighted by molar-refractivity contribution is -0.117. The van der Waals surface area contributed by atoms with Crippen molar-refractivity contribution in [1.29, 1.82) is 0 Å². The fourth-order valence-electron chi connectivity index (χ4n) is 2.43. The van der Waals surface area contributed by atoms with E-state index in [-0.39, 0.29) is 6.10 Å². The van der Waals surface area contributed by atoms with Crippen LogP contribution in [0.4, 0.5) is 0 Å². The summed E-state index contributed by atoms with van der Waals surface area (Å²) < 4.78 is 11.5. The molecule has 1 fully saturated rings. The van der Waals surface area contributed by atoms with E-state index in [9.17, 15) is 4.79 Å². The van der Waals surface area contributed by atoms with Crippen LogP contribution in [0.5, 0.6) is 11.5 Å². The largest absolute Gasteiger partial charge is 0.490 e. The molecule has 3 heteroatoms. The first-order valence-corrected chi connectivity index (χ1v) is 7.25. The Morgan fingerprint density at radius 1 is 0.952 bits per heavy atom. The van der Waals surface area contributed by atoms with Gasteiger partial charge in [-0.15, -0.1) is 0 Å². The maximum absolute atomic E-state index is 11.2. The fourth-order valence-corrected chi connectivity index (χ4v) is 2.43. The standard InChI is InChI=1S/C18H18O3/c19-15-6-7-18(12-15)21-17-10-8-16(9-11-17)20-13-14-4-2-1-3-5-14/h1-5,8-11,18H,6-7,12-13H2. The Balaban J connectivity index is 1.53. The van der Waals surface area contributed by atoms with Gasteiger partial charge in [-0.2, -0.15) is 0 Å². The molecule has 0 N–H and O–H groups in total. The molecule has 3 nitrogen and oxygen atoms in total. The van der Waals surface area contributed by atoms with Gasteiger partial charge in [0, 0.05) is 12.8 Å². The molecule has 0 saturated heterocycles. The molecule has 2 aromatic carbocycles. The molecule has 1 saturated carbocycles. The van der Waals surface area contributed by atoms with Gasteiger partial charge in [0.2, 0.25) is 0 Å². The lowest BCUT2D eigenvalue weighted by Gasteiger charge is -2.13. The maximum Gasteiger partial charge on any atom is 0.136 e. The number of benzene rings is 2. The third kappa shape index (κ3) is 3.85. The van der Waals surface area contributed by atoms with Crippen LogP contribution in [0.25, 0.3) is 0 Å². The molecular formula is C18H18O3. The molecule has 108 valence electrons. The van der Waals surface area contributed by atoms with Crippen LogP contribution in [0.15, 0.2) is 54.6 Å². The molecule has 3 rings (SSSR count). The number of Topliss-reactive ketones (excluding diaryl/α,β-unsaturated/α-hetero) is 1. The Morgan fingerprint density at radius 2 is 1.67 bits per heavy atom. The second-order valence-corrected chi connectivity index (χ2v) is 5.27. The van der Waals surface area contributed by atoms with E-state index in [1.54, 1.807) is 0 Å². The van der Waals surface area contributed by atoms with Crippen molar-refractivity contribution in [3.05, 3.63) is 60.2 Å². The summed E-state index contributed by atoms with van der Waals surface area (Å²) >= 11 is 0. The molecule has 0 amide bonds. The quantitative estimate of drug-likeness (QED) is 0.837. The number of carbonyl (C=O) groups excluding carboxylic acids is 1. The SMILES string of the molecule is O=C1CCC(Oc2ccc(OCc3ccccc3)cc2)C1. The molecular weight excluding hydrogens is 264 g/mol. The Morgan fingerprint density at radius 3 is 2.33 bits per heavy atom. The Labute approximate surface area is 124 Å². The molecule has 0 heterocycles. The van der Waals surface area contributed by atoms with Gasteiger partial charge in [0.1, 0.15) is 30.0 Å². The van der Waals surface area contributed by atoms with Gasteiger partial charge < -0.3 is 9.47 Å². The molecule has 0 bridgehead atoms. The lowest BCUT2D eigenvalue weighted by Crippen LogP contribution is -2.11. The summed E-state index contributed by atoms with van der Waals surface area (Å²) in [5.74, 6) is 1.90. The summed E-state index contributed by atoms with van der Waals surface area (Å²) in [6, 6.07) is 17.6. The molecule has 0 radical (unpaired) electrons. The van der Waals surface area contributed by atoms with Gasteiger partial charge in [0.05, 0.1) is 0 Å². The zero-order valence-corrected chi connectivity index (χ0v) is 11.8. The van der Waals surface area contributed by atoms with Crippen molar-refractivity contribution in [1.82, 2.24) is 0 Å². The zero-order chi connectivity index (χ0) is 14.5. The summed E-state index contributed by atoms with van der Waals surface area (Å²) in [6.07, 6.45) is 2.04. The predicted molar refractivity (Wildman–Crippen MR) is 80.5 cm³/mol. The van der Waals surface area contributed by atoms with Crippen molar-refractivity contribution in [3.8, 4) is 11.5 Å². The number of carbonyl (C=O) groups is 1. The van der Waals surface area contributed by atoms with Crippen molar-refractivity contribution in [2.75, 3.05) is 0 Å². The molecule has 0 aliphatic heterocycles. The first kappa shape index (κ1) is 13.7. The minimum Gasteiger partial charge on any atom is -0.490 e. The molecule has 1 aliphatic rings. The Kier molecular flexibility index (Phi) is 4.20. The fraction of sp³-hybridized carbons (Fsp3) is 0.278. The van der Waals surface area contributed by atoms with Crippen LogP contribution in [0.3, 0.4) is 0 Å². The monoisotopic (exact) mass is 282 g/mol. The highest BCUT2D eigenvalue weighted by Crippen LogP contribution is 2.24. The third-order valence-electron chi connectivity index (χ3n) is 3.58. The Hall–Kier alpha value is -2.29. The highest BCUT2D eigenvalue weighted by molar-refractivity contribution is 5.81. The van der Waals surface area contributed by atoms with Crippen LogP contribution in [0.1, 0.15) is 24.8 Å². The average molecular weight is 282 g/mol. The topological polar surface area (TPSA) is 35.5 Å². The van der Waals surface area contributed by atoms with Crippen LogP contribution in [0.2, 0.25) is 0 Å². The van der Waals surface area contributed by atoms with E-state index in [2.05, 4.69) is 0 Å². The van der Waals surface area contributed by atoms with E-state index >= 15 is 0 Å². The van der Waals surface area contributed by atoms with E-state index in [0.29, 0.717) is 25.2 Å². The third-order valence-corrected chi connectivity index (χ3v) is 3.58. The summed E-state index contributed by atoms with van der Waals surface area (Å²) in [6.45, 7) is 0.554. The van der Waals surface area contributed by atoms with Crippen LogP contribution in [-0.2, 0) is 11.4 Å². The van der Waals surface area contributed by atoms with E-state index in [0.717, 1.165) is 23.5 Å². The van der Waals surface area contributed by atoms with Crippen LogP contribution >= 0.6 is 0 Å². The smallest absolute Gasteiger partial charge is 0.136 e. The van der Waals surface area contributed by atoms with Crippen LogP contribution < -0.4 is 9.47 Å². The van der Waals surface area contributed by atoms with Gasteiger partial charge in [-0.1, -0.05) is 30.3 Å². The number of ether oxygens (including phenoxy) is 2. The zero-order valence-electron chi connectivity index (χ0n) is 11.8. The summed E-state index contributed by atoms with van der Waals surface area (Å²) in [7, 11) is 0. The predicted octanol–water partition coefficient (Wildman–Crippen LogP) is 3.77. The second-order valence-electron chi connectivity index (χ2n) is 5.27. The van der Waals surface area contributed by atoms with E-state index < -0.39 is 0 Å². The molecule has 0 aromatic heterocycles. The molecule has 21 heavy (non-hydrogen) atoms. The van der Waals surface area contributed by atoms with Crippen molar-refractivity contribution >= 4 is 5.78 Å². The molecule has 1 unspecified atom stereocenters. The maximum atomic E-state index is 11.2. The molecule has 1 atom stereocenters. The number of ketones is 1. The highest BCUT2D eigenvalue weighted by Gasteiger charge is 2.23. The first-order chi connectivity index (χ1) is 10.3. The van der Waals surface area contributed by atoms with E-state index in [1.807, 2.05) is 54.6 Å². The average Bonchev–Trinajstić information content (AvgIpc) is 2.93. The van der Waals surface area contributed by atoms with E-state index in [4.69, 9.17) is 9.47 Å². The normalized spacial score (nSPS) is 17.7. The molecule has 0 spiro atoms. The molecule has 2 aromatic rings. The van der Waals surface area contributed by atoms with Crippen LogP contribution in [-0.4, -0.2) is 11.9 Å². The lowest BCUT2D eigenvalue weighted by atomic mass is 10.2. The van der Waals surface area contributed by atoms with Gasteiger partial charge in [0.15, 0.2) is 0 Å². The minimum absolute atomic E-state index is 0.0357. The van der Waals surface area contributed by atoms with Gasteiger partial charge in [-0.3, -0.25) is 4.79 Å². The second kappa shape index (κ2) is 6.44. The number of hydrogen-bond donors (Lipinski definition) is 0. The Bertz CT molecular complexity index is 590. The number of hydrogen-bond acceptors (Lipinski definition) is 3. The number of rotatable bonds is 5. The highest BCUT2D eigenvalue weighted by atomic mass is 16.5. The van der Waals surface area contributed by atoms with Crippen molar-refractivity contribution in [2.45, 2.75) is 32.0 Å². The summed E-state index contributed by atoms with van der Waals surface area (Å²) in [5.41, 5.74) is 1.14. The van der Waals surface area contributed by atoms with Crippen LogP contribution in [0, 0.1) is 0 Å². The van der Waals surface area contributed by atoms with Gasteiger partial charge in [0.25, 0.3) is 0 Å². The van der Waals surface area contributed by atoms with Gasteiger partial charge in [-0.25, -0.2) is 0 Å². The van der Waals surface area contributed by atoms with Gasteiger partial charge in [-0.05, 0) is 36.2 Å². The van der Waals surface area contributed by atoms with Crippen molar-refractivity contribution < 1.29 is 14.3 Å². The van der Waals surface area contributed by atoms with E-state index in [1.165, 1.54) is 0 Å². The van der Waals surface area contributed by atoms with Gasteiger partial charge >= 0.3 is 0 Å². The molecule has 1 aliphatic carbocycles. The summed E-state index contributed by atoms with van der Waals surface area (Å²) in [4.78, 5) is 11.2. The van der Waals surface area contributed by atoms with Crippen molar-refractivity contribution in [3.63, 3.8) is 0 Å². The van der Waals surface area contributed by atoms with Crippen molar-refractivity contribution in [2.24, 2.45) is 0 Å².